The van der Waals surface area contributed by atoms with Gasteiger partial charge in [0, 0.05) is 24.3 Å². The van der Waals surface area contributed by atoms with Crippen molar-refractivity contribution in [1.82, 2.24) is 5.32 Å². The number of ether oxygens (including phenoxy) is 1. The van der Waals surface area contributed by atoms with Gasteiger partial charge in [-0.3, -0.25) is 4.79 Å². The molecule has 3 N–H and O–H groups in total. The Morgan fingerprint density at radius 3 is 2.90 bits per heavy atom. The number of hydrogen-bond acceptors (Lipinski definition) is 3. The molecule has 0 bridgehead atoms. The minimum Gasteiger partial charge on any atom is -0.389 e. The third-order valence-corrected chi connectivity index (χ3v) is 3.67. The Kier molecular flexibility index (Phi) is 5.49. The fraction of sp³-hybridized carbons (Fsp3) is 0.467. The van der Waals surface area contributed by atoms with Crippen molar-refractivity contribution in [3.8, 4) is 0 Å². The molecule has 1 amide bonds. The second-order valence-electron chi connectivity index (χ2n) is 4.98. The van der Waals surface area contributed by atoms with E-state index in [1.165, 1.54) is 6.42 Å². The van der Waals surface area contributed by atoms with Gasteiger partial charge < -0.3 is 15.8 Å². The Balaban J connectivity index is 1.82. The van der Waals surface area contributed by atoms with Gasteiger partial charge in [0.15, 0.2) is 0 Å². The second kappa shape index (κ2) is 7.36. The average Bonchev–Trinajstić information content (AvgIpc) is 2.48. The van der Waals surface area contributed by atoms with Crippen LogP contribution in [-0.2, 0) is 4.74 Å². The van der Waals surface area contributed by atoms with E-state index >= 15 is 0 Å². The molecule has 0 radical (unpaired) electrons. The van der Waals surface area contributed by atoms with Gasteiger partial charge in [-0.1, -0.05) is 24.4 Å². The molecular weight excluding hydrogens is 272 g/mol. The summed E-state index contributed by atoms with van der Waals surface area (Å²) in [6.45, 7) is 1.47. The highest BCUT2D eigenvalue weighted by Gasteiger charge is 2.14. The van der Waals surface area contributed by atoms with Crippen molar-refractivity contribution in [2.75, 3.05) is 13.2 Å². The normalized spacial score (nSPS) is 18.5. The highest BCUT2D eigenvalue weighted by Crippen LogP contribution is 2.15. The van der Waals surface area contributed by atoms with Gasteiger partial charge in [0.25, 0.3) is 5.91 Å². The minimum atomic E-state index is -0.0982. The van der Waals surface area contributed by atoms with E-state index in [-0.39, 0.29) is 12.0 Å². The molecule has 0 saturated carbocycles. The van der Waals surface area contributed by atoms with Gasteiger partial charge in [0.2, 0.25) is 0 Å². The molecule has 0 spiro atoms. The predicted molar refractivity (Wildman–Crippen MR) is 82.9 cm³/mol. The zero-order valence-corrected chi connectivity index (χ0v) is 12.2. The number of benzene rings is 1. The summed E-state index contributed by atoms with van der Waals surface area (Å²) in [6.07, 6.45) is 4.60. The lowest BCUT2D eigenvalue weighted by molar-refractivity contribution is 0.0117. The van der Waals surface area contributed by atoms with E-state index in [0.717, 1.165) is 25.9 Å². The van der Waals surface area contributed by atoms with Crippen LogP contribution in [0.1, 0.15) is 41.6 Å². The lowest BCUT2D eigenvalue weighted by atomic mass is 10.1. The number of nitrogens with one attached hydrogen (secondary N) is 1. The summed E-state index contributed by atoms with van der Waals surface area (Å²) in [6, 6.07) is 7.06. The summed E-state index contributed by atoms with van der Waals surface area (Å²) in [5.41, 5.74) is 6.86. The lowest BCUT2D eigenvalue weighted by Crippen LogP contribution is -2.29. The zero-order chi connectivity index (χ0) is 14.4. The molecule has 0 aliphatic carbocycles. The molecule has 20 heavy (non-hydrogen) atoms. The van der Waals surface area contributed by atoms with Crippen LogP contribution in [0.25, 0.3) is 0 Å². The molecule has 1 aromatic rings. The maximum atomic E-state index is 12.0. The van der Waals surface area contributed by atoms with Crippen molar-refractivity contribution >= 4 is 23.1 Å². The Morgan fingerprint density at radius 1 is 1.40 bits per heavy atom. The summed E-state index contributed by atoms with van der Waals surface area (Å²) in [7, 11) is 0. The molecule has 1 heterocycles. The second-order valence-corrected chi connectivity index (χ2v) is 5.42. The molecule has 1 atom stereocenters. The maximum Gasteiger partial charge on any atom is 0.251 e. The van der Waals surface area contributed by atoms with Crippen LogP contribution in [-0.4, -0.2) is 30.2 Å². The highest BCUT2D eigenvalue weighted by atomic mass is 32.1. The molecule has 1 saturated heterocycles. The smallest absolute Gasteiger partial charge is 0.251 e. The Morgan fingerprint density at radius 2 is 2.20 bits per heavy atom. The molecule has 1 aliphatic rings. The topological polar surface area (TPSA) is 64.4 Å². The van der Waals surface area contributed by atoms with Gasteiger partial charge in [0.05, 0.1) is 6.10 Å². The first-order valence-electron chi connectivity index (χ1n) is 6.96. The number of carbonyl (C=O) groups is 1. The van der Waals surface area contributed by atoms with Crippen LogP contribution < -0.4 is 11.1 Å². The number of amides is 1. The number of thiocarbonyl (C=S) groups is 1. The van der Waals surface area contributed by atoms with Crippen LogP contribution in [0.4, 0.5) is 0 Å². The highest BCUT2D eigenvalue weighted by molar-refractivity contribution is 7.80. The largest absolute Gasteiger partial charge is 0.389 e. The van der Waals surface area contributed by atoms with Gasteiger partial charge in [-0.2, -0.15) is 0 Å². The fourth-order valence-corrected chi connectivity index (χ4v) is 2.42. The molecular formula is C15H20N2O2S. The Bertz CT molecular complexity index is 485. The SMILES string of the molecule is NC(=S)c1cccc(C(=O)NCCC2CCCCO2)c1. The van der Waals surface area contributed by atoms with Gasteiger partial charge in [-0.15, -0.1) is 0 Å². The van der Waals surface area contributed by atoms with E-state index in [4.69, 9.17) is 22.7 Å². The molecule has 0 aromatic heterocycles. The first-order chi connectivity index (χ1) is 9.66. The molecule has 108 valence electrons. The first-order valence-corrected chi connectivity index (χ1v) is 7.37. The van der Waals surface area contributed by atoms with E-state index < -0.39 is 0 Å². The van der Waals surface area contributed by atoms with Crippen molar-refractivity contribution in [2.24, 2.45) is 5.73 Å². The summed E-state index contributed by atoms with van der Waals surface area (Å²) in [5, 5.41) is 2.91. The van der Waals surface area contributed by atoms with E-state index in [0.29, 0.717) is 22.7 Å². The molecule has 1 aromatic carbocycles. The Hall–Kier alpha value is -1.46. The summed E-state index contributed by atoms with van der Waals surface area (Å²) in [5.74, 6) is -0.0982. The van der Waals surface area contributed by atoms with E-state index in [1.54, 1.807) is 24.3 Å². The molecule has 1 aliphatic heterocycles. The first kappa shape index (κ1) is 14.9. The minimum absolute atomic E-state index is 0.0982. The van der Waals surface area contributed by atoms with Crippen LogP contribution >= 0.6 is 12.2 Å². The van der Waals surface area contributed by atoms with Crippen LogP contribution in [0, 0.1) is 0 Å². The zero-order valence-electron chi connectivity index (χ0n) is 11.4. The van der Waals surface area contributed by atoms with E-state index in [1.807, 2.05) is 0 Å². The molecule has 4 nitrogen and oxygen atoms in total. The van der Waals surface area contributed by atoms with Gasteiger partial charge in [-0.05, 0) is 37.8 Å². The van der Waals surface area contributed by atoms with Crippen LogP contribution in [0.3, 0.4) is 0 Å². The van der Waals surface area contributed by atoms with Crippen molar-refractivity contribution < 1.29 is 9.53 Å². The van der Waals surface area contributed by atoms with Crippen LogP contribution in [0.15, 0.2) is 24.3 Å². The van der Waals surface area contributed by atoms with Crippen molar-refractivity contribution in [2.45, 2.75) is 31.8 Å². The summed E-state index contributed by atoms with van der Waals surface area (Å²) in [4.78, 5) is 12.3. The quantitative estimate of drug-likeness (QED) is 0.815. The fourth-order valence-electron chi connectivity index (χ4n) is 2.30. The van der Waals surface area contributed by atoms with E-state index in [9.17, 15) is 4.79 Å². The molecule has 1 fully saturated rings. The molecule has 2 rings (SSSR count). The van der Waals surface area contributed by atoms with Gasteiger partial charge in [0.1, 0.15) is 4.99 Å². The predicted octanol–water partition coefficient (Wildman–Crippen LogP) is 2.01. The molecule has 5 heteroatoms. The van der Waals surface area contributed by atoms with Crippen LogP contribution in [0.2, 0.25) is 0 Å². The average molecular weight is 292 g/mol. The van der Waals surface area contributed by atoms with Crippen LogP contribution in [0.5, 0.6) is 0 Å². The monoisotopic (exact) mass is 292 g/mol. The Labute approximate surface area is 124 Å². The lowest BCUT2D eigenvalue weighted by Gasteiger charge is -2.22. The van der Waals surface area contributed by atoms with Gasteiger partial charge in [-0.25, -0.2) is 0 Å². The maximum absolute atomic E-state index is 12.0. The number of carbonyl (C=O) groups excluding carboxylic acids is 1. The van der Waals surface area contributed by atoms with Crippen molar-refractivity contribution in [1.29, 1.82) is 0 Å². The molecule has 1 unspecified atom stereocenters. The number of hydrogen-bond donors (Lipinski definition) is 2. The standard InChI is InChI=1S/C15H20N2O2S/c16-14(20)11-4-3-5-12(10-11)15(18)17-8-7-13-6-1-2-9-19-13/h3-5,10,13H,1-2,6-9H2,(H2,16,20)(H,17,18). The number of nitrogens with two attached hydrogens (primary N) is 1. The van der Waals surface area contributed by atoms with Crippen molar-refractivity contribution in [3.05, 3.63) is 35.4 Å². The van der Waals surface area contributed by atoms with E-state index in [2.05, 4.69) is 5.32 Å². The third kappa shape index (κ3) is 4.28. The number of rotatable bonds is 5. The third-order valence-electron chi connectivity index (χ3n) is 3.44. The van der Waals surface area contributed by atoms with Gasteiger partial charge >= 0.3 is 0 Å². The summed E-state index contributed by atoms with van der Waals surface area (Å²) < 4.78 is 5.63. The van der Waals surface area contributed by atoms with Crippen molar-refractivity contribution in [3.63, 3.8) is 0 Å². The summed E-state index contributed by atoms with van der Waals surface area (Å²) >= 11 is 4.91.